The standard InChI is InChI=1S/C9H19NO2/c1-4-5-6-9(2,3)7(11)8(10)12/h7,11H,4-6H2,1-3H3,(H2,10,12). The number of carbonyl (C=O) groups excluding carboxylic acids is 1. The zero-order chi connectivity index (χ0) is 9.78. The quantitative estimate of drug-likeness (QED) is 0.652. The topological polar surface area (TPSA) is 63.3 Å². The third kappa shape index (κ3) is 3.22. The second-order valence-electron chi connectivity index (χ2n) is 3.90. The summed E-state index contributed by atoms with van der Waals surface area (Å²) in [7, 11) is 0. The molecular weight excluding hydrogens is 154 g/mol. The molecule has 0 saturated heterocycles. The number of unbranched alkanes of at least 4 members (excludes halogenated alkanes) is 1. The molecule has 1 unspecified atom stereocenters. The predicted octanol–water partition coefficient (Wildman–Crippen LogP) is 1.05. The van der Waals surface area contributed by atoms with Crippen molar-refractivity contribution >= 4 is 5.91 Å². The van der Waals surface area contributed by atoms with Crippen molar-refractivity contribution in [2.75, 3.05) is 0 Å². The van der Waals surface area contributed by atoms with E-state index in [0.717, 1.165) is 19.3 Å². The first-order chi connectivity index (χ1) is 5.41. The van der Waals surface area contributed by atoms with Gasteiger partial charge in [-0.05, 0) is 11.8 Å². The van der Waals surface area contributed by atoms with Gasteiger partial charge in [0.1, 0.15) is 6.10 Å². The number of amides is 1. The van der Waals surface area contributed by atoms with E-state index in [0.29, 0.717) is 0 Å². The molecule has 0 spiro atoms. The van der Waals surface area contributed by atoms with Crippen molar-refractivity contribution in [2.45, 2.75) is 46.1 Å². The van der Waals surface area contributed by atoms with Gasteiger partial charge >= 0.3 is 0 Å². The molecule has 1 atom stereocenters. The maximum atomic E-state index is 10.7. The summed E-state index contributed by atoms with van der Waals surface area (Å²) in [5.74, 6) is -0.629. The van der Waals surface area contributed by atoms with Crippen molar-refractivity contribution in [3.63, 3.8) is 0 Å². The Bertz CT molecular complexity index is 155. The maximum absolute atomic E-state index is 10.7. The summed E-state index contributed by atoms with van der Waals surface area (Å²) in [5.41, 5.74) is 4.62. The molecule has 0 saturated carbocycles. The fourth-order valence-corrected chi connectivity index (χ4v) is 1.15. The van der Waals surface area contributed by atoms with Crippen LogP contribution in [0.1, 0.15) is 40.0 Å². The Balaban J connectivity index is 4.08. The monoisotopic (exact) mass is 173 g/mol. The molecule has 3 nitrogen and oxygen atoms in total. The number of carbonyl (C=O) groups is 1. The van der Waals surface area contributed by atoms with Crippen molar-refractivity contribution in [2.24, 2.45) is 11.1 Å². The van der Waals surface area contributed by atoms with Crippen LogP contribution in [0.25, 0.3) is 0 Å². The predicted molar refractivity (Wildman–Crippen MR) is 48.5 cm³/mol. The summed E-state index contributed by atoms with van der Waals surface area (Å²) >= 11 is 0. The minimum absolute atomic E-state index is 0.387. The smallest absolute Gasteiger partial charge is 0.246 e. The van der Waals surface area contributed by atoms with E-state index < -0.39 is 12.0 Å². The van der Waals surface area contributed by atoms with Crippen LogP contribution in [0.15, 0.2) is 0 Å². The third-order valence-corrected chi connectivity index (χ3v) is 2.18. The molecule has 0 aliphatic carbocycles. The Labute approximate surface area is 74.0 Å². The second kappa shape index (κ2) is 4.45. The van der Waals surface area contributed by atoms with Crippen LogP contribution in [-0.4, -0.2) is 17.1 Å². The van der Waals surface area contributed by atoms with Crippen LogP contribution >= 0.6 is 0 Å². The molecule has 0 aliphatic rings. The molecule has 0 aliphatic heterocycles. The zero-order valence-electron chi connectivity index (χ0n) is 8.13. The van der Waals surface area contributed by atoms with Crippen LogP contribution in [0.5, 0.6) is 0 Å². The fourth-order valence-electron chi connectivity index (χ4n) is 1.15. The molecular formula is C9H19NO2. The molecule has 0 radical (unpaired) electrons. The highest BCUT2D eigenvalue weighted by atomic mass is 16.3. The van der Waals surface area contributed by atoms with Crippen molar-refractivity contribution in [3.05, 3.63) is 0 Å². The minimum atomic E-state index is -1.02. The van der Waals surface area contributed by atoms with Crippen LogP contribution in [0, 0.1) is 5.41 Å². The highest BCUT2D eigenvalue weighted by molar-refractivity contribution is 5.79. The van der Waals surface area contributed by atoms with Crippen LogP contribution in [0.2, 0.25) is 0 Å². The first kappa shape index (κ1) is 11.4. The zero-order valence-corrected chi connectivity index (χ0v) is 8.13. The van der Waals surface area contributed by atoms with Gasteiger partial charge in [0.25, 0.3) is 0 Å². The summed E-state index contributed by atoms with van der Waals surface area (Å²) in [6, 6.07) is 0. The van der Waals surface area contributed by atoms with Crippen molar-refractivity contribution in [1.82, 2.24) is 0 Å². The van der Waals surface area contributed by atoms with Crippen molar-refractivity contribution in [3.8, 4) is 0 Å². The van der Waals surface area contributed by atoms with Gasteiger partial charge in [0.2, 0.25) is 5.91 Å². The second-order valence-corrected chi connectivity index (χ2v) is 3.90. The Kier molecular flexibility index (Phi) is 4.24. The van der Waals surface area contributed by atoms with Crippen LogP contribution in [0.4, 0.5) is 0 Å². The molecule has 72 valence electrons. The lowest BCUT2D eigenvalue weighted by molar-refractivity contribution is -0.132. The van der Waals surface area contributed by atoms with E-state index in [1.807, 2.05) is 13.8 Å². The Morgan fingerprint density at radius 2 is 2.08 bits per heavy atom. The van der Waals surface area contributed by atoms with Gasteiger partial charge in [-0.25, -0.2) is 0 Å². The van der Waals surface area contributed by atoms with E-state index in [1.165, 1.54) is 0 Å². The summed E-state index contributed by atoms with van der Waals surface area (Å²) in [4.78, 5) is 10.7. The molecule has 1 amide bonds. The Morgan fingerprint density at radius 1 is 1.58 bits per heavy atom. The molecule has 0 rings (SSSR count). The van der Waals surface area contributed by atoms with Gasteiger partial charge in [-0.1, -0.05) is 33.6 Å². The number of primary amides is 1. The largest absolute Gasteiger partial charge is 0.383 e. The number of nitrogens with two attached hydrogens (primary N) is 1. The van der Waals surface area contributed by atoms with Crippen LogP contribution < -0.4 is 5.73 Å². The molecule has 12 heavy (non-hydrogen) atoms. The van der Waals surface area contributed by atoms with E-state index in [4.69, 9.17) is 5.73 Å². The molecule has 0 aromatic carbocycles. The van der Waals surface area contributed by atoms with Gasteiger partial charge in [0, 0.05) is 0 Å². The number of aliphatic hydroxyl groups excluding tert-OH is 1. The molecule has 0 aromatic rings. The van der Waals surface area contributed by atoms with E-state index in [9.17, 15) is 9.90 Å². The van der Waals surface area contributed by atoms with Crippen LogP contribution in [0.3, 0.4) is 0 Å². The van der Waals surface area contributed by atoms with Gasteiger partial charge in [0.15, 0.2) is 0 Å². The highest BCUT2D eigenvalue weighted by Gasteiger charge is 2.30. The molecule has 0 bridgehead atoms. The number of hydrogen-bond acceptors (Lipinski definition) is 2. The summed E-state index contributed by atoms with van der Waals surface area (Å²) in [5, 5.41) is 9.41. The molecule has 0 aromatic heterocycles. The molecule has 3 heteroatoms. The van der Waals surface area contributed by atoms with E-state index in [-0.39, 0.29) is 5.41 Å². The van der Waals surface area contributed by atoms with Crippen molar-refractivity contribution in [1.29, 1.82) is 0 Å². The first-order valence-electron chi connectivity index (χ1n) is 4.39. The lowest BCUT2D eigenvalue weighted by Crippen LogP contribution is -2.40. The first-order valence-corrected chi connectivity index (χ1v) is 4.39. The number of hydrogen-bond donors (Lipinski definition) is 2. The number of rotatable bonds is 5. The molecule has 3 N–H and O–H groups in total. The van der Waals surface area contributed by atoms with Crippen LogP contribution in [-0.2, 0) is 4.79 Å². The van der Waals surface area contributed by atoms with Crippen molar-refractivity contribution < 1.29 is 9.90 Å². The van der Waals surface area contributed by atoms with Gasteiger partial charge in [-0.2, -0.15) is 0 Å². The van der Waals surface area contributed by atoms with Gasteiger partial charge in [-0.3, -0.25) is 4.79 Å². The minimum Gasteiger partial charge on any atom is -0.383 e. The van der Waals surface area contributed by atoms with E-state index >= 15 is 0 Å². The number of aliphatic hydroxyl groups is 1. The maximum Gasteiger partial charge on any atom is 0.246 e. The summed E-state index contributed by atoms with van der Waals surface area (Å²) < 4.78 is 0. The lowest BCUT2D eigenvalue weighted by Gasteiger charge is -2.28. The average molecular weight is 173 g/mol. The van der Waals surface area contributed by atoms with E-state index in [1.54, 1.807) is 0 Å². The lowest BCUT2D eigenvalue weighted by atomic mass is 9.81. The van der Waals surface area contributed by atoms with Gasteiger partial charge in [0.05, 0.1) is 0 Å². The molecule has 0 fully saturated rings. The summed E-state index contributed by atoms with van der Waals surface area (Å²) in [6.07, 6.45) is 1.88. The highest BCUT2D eigenvalue weighted by Crippen LogP contribution is 2.27. The summed E-state index contributed by atoms with van der Waals surface area (Å²) in [6.45, 7) is 5.79. The fraction of sp³-hybridized carbons (Fsp3) is 0.889. The molecule has 0 heterocycles. The Hall–Kier alpha value is -0.570. The normalized spacial score (nSPS) is 14.3. The average Bonchev–Trinajstić information content (AvgIpc) is 1.99. The van der Waals surface area contributed by atoms with Gasteiger partial charge < -0.3 is 10.8 Å². The Morgan fingerprint density at radius 3 is 2.42 bits per heavy atom. The third-order valence-electron chi connectivity index (χ3n) is 2.18. The van der Waals surface area contributed by atoms with Gasteiger partial charge in [-0.15, -0.1) is 0 Å². The van der Waals surface area contributed by atoms with E-state index in [2.05, 4.69) is 6.92 Å². The SMILES string of the molecule is CCCCC(C)(C)C(O)C(N)=O.